The van der Waals surface area contributed by atoms with Crippen molar-refractivity contribution in [1.82, 2.24) is 0 Å². The molecular formula is C17H21NO2S. The Kier molecular flexibility index (Phi) is 5.53. The van der Waals surface area contributed by atoms with Crippen molar-refractivity contribution in [3.05, 3.63) is 53.6 Å². The van der Waals surface area contributed by atoms with Crippen molar-refractivity contribution < 1.29 is 9.47 Å². The standard InChI is InChI=1S/C17H21NO2S/c1-4-21-14-8-5-12(6-9-14)17(18)15-10-7-13(19-2)11-16(15)20-3/h5-11,17H,4,18H2,1-3H3. The Balaban J connectivity index is 2.28. The Labute approximate surface area is 130 Å². The molecular weight excluding hydrogens is 282 g/mol. The highest BCUT2D eigenvalue weighted by Gasteiger charge is 2.15. The maximum atomic E-state index is 6.38. The Morgan fingerprint density at radius 1 is 1.05 bits per heavy atom. The van der Waals surface area contributed by atoms with Crippen LogP contribution in [-0.4, -0.2) is 20.0 Å². The first-order valence-electron chi connectivity index (χ1n) is 6.89. The zero-order chi connectivity index (χ0) is 15.2. The summed E-state index contributed by atoms with van der Waals surface area (Å²) in [6.07, 6.45) is 0. The van der Waals surface area contributed by atoms with Crippen molar-refractivity contribution >= 4 is 11.8 Å². The molecule has 112 valence electrons. The Morgan fingerprint density at radius 2 is 1.76 bits per heavy atom. The predicted octanol–water partition coefficient (Wildman–Crippen LogP) is 3.86. The molecule has 0 saturated carbocycles. The molecule has 0 aromatic heterocycles. The first-order valence-corrected chi connectivity index (χ1v) is 7.88. The highest BCUT2D eigenvalue weighted by Crippen LogP contribution is 2.32. The molecule has 1 atom stereocenters. The van der Waals surface area contributed by atoms with Crippen LogP contribution in [0.25, 0.3) is 0 Å². The van der Waals surface area contributed by atoms with Gasteiger partial charge >= 0.3 is 0 Å². The van der Waals surface area contributed by atoms with Gasteiger partial charge in [0.15, 0.2) is 0 Å². The number of rotatable bonds is 6. The average Bonchev–Trinajstić information content (AvgIpc) is 2.54. The number of nitrogens with two attached hydrogens (primary N) is 1. The Hall–Kier alpha value is -1.65. The van der Waals surface area contributed by atoms with E-state index < -0.39 is 0 Å². The molecule has 2 aromatic rings. The van der Waals surface area contributed by atoms with Crippen molar-refractivity contribution in [3.8, 4) is 11.5 Å². The van der Waals surface area contributed by atoms with Crippen LogP contribution in [0.15, 0.2) is 47.4 Å². The predicted molar refractivity (Wildman–Crippen MR) is 88.4 cm³/mol. The molecule has 0 saturated heterocycles. The molecule has 0 aliphatic carbocycles. The van der Waals surface area contributed by atoms with E-state index >= 15 is 0 Å². The third-order valence-corrected chi connectivity index (χ3v) is 4.22. The van der Waals surface area contributed by atoms with Crippen molar-refractivity contribution in [2.75, 3.05) is 20.0 Å². The van der Waals surface area contributed by atoms with E-state index in [2.05, 4.69) is 31.2 Å². The third kappa shape index (κ3) is 3.71. The van der Waals surface area contributed by atoms with E-state index in [0.29, 0.717) is 0 Å². The normalized spacial score (nSPS) is 12.0. The second-order valence-electron chi connectivity index (χ2n) is 4.59. The number of benzene rings is 2. The summed E-state index contributed by atoms with van der Waals surface area (Å²) >= 11 is 1.82. The van der Waals surface area contributed by atoms with Gasteiger partial charge in [-0.3, -0.25) is 0 Å². The van der Waals surface area contributed by atoms with E-state index in [-0.39, 0.29) is 6.04 Å². The molecule has 0 bridgehead atoms. The number of hydrogen-bond acceptors (Lipinski definition) is 4. The second kappa shape index (κ2) is 7.38. The number of hydrogen-bond donors (Lipinski definition) is 1. The first-order chi connectivity index (χ1) is 10.2. The monoisotopic (exact) mass is 303 g/mol. The van der Waals surface area contributed by atoms with Crippen molar-refractivity contribution in [2.45, 2.75) is 17.9 Å². The van der Waals surface area contributed by atoms with Gasteiger partial charge in [-0.05, 0) is 35.6 Å². The molecule has 0 amide bonds. The van der Waals surface area contributed by atoms with E-state index in [1.54, 1.807) is 14.2 Å². The Morgan fingerprint density at radius 3 is 2.33 bits per heavy atom. The van der Waals surface area contributed by atoms with Gasteiger partial charge in [0.1, 0.15) is 11.5 Å². The quantitative estimate of drug-likeness (QED) is 0.823. The lowest BCUT2D eigenvalue weighted by atomic mass is 9.98. The van der Waals surface area contributed by atoms with E-state index in [1.165, 1.54) is 4.90 Å². The minimum atomic E-state index is -0.216. The van der Waals surface area contributed by atoms with Crippen molar-refractivity contribution in [2.24, 2.45) is 5.73 Å². The van der Waals surface area contributed by atoms with E-state index in [1.807, 2.05) is 30.0 Å². The molecule has 0 fully saturated rings. The maximum Gasteiger partial charge on any atom is 0.127 e. The van der Waals surface area contributed by atoms with Gasteiger partial charge in [-0.25, -0.2) is 0 Å². The molecule has 2 rings (SSSR count). The summed E-state index contributed by atoms with van der Waals surface area (Å²) in [4.78, 5) is 1.26. The lowest BCUT2D eigenvalue weighted by Gasteiger charge is -2.17. The summed E-state index contributed by atoms with van der Waals surface area (Å²) in [5.74, 6) is 2.57. The third-order valence-electron chi connectivity index (χ3n) is 3.33. The fourth-order valence-corrected chi connectivity index (χ4v) is 2.85. The molecule has 21 heavy (non-hydrogen) atoms. The first kappa shape index (κ1) is 15.7. The smallest absolute Gasteiger partial charge is 0.127 e. The summed E-state index contributed by atoms with van der Waals surface area (Å²) in [5.41, 5.74) is 8.40. The molecule has 3 nitrogen and oxygen atoms in total. The second-order valence-corrected chi connectivity index (χ2v) is 5.93. The van der Waals surface area contributed by atoms with Crippen LogP contribution < -0.4 is 15.2 Å². The summed E-state index contributed by atoms with van der Waals surface area (Å²) in [7, 11) is 3.28. The summed E-state index contributed by atoms with van der Waals surface area (Å²) in [6, 6.07) is 13.9. The van der Waals surface area contributed by atoms with Gasteiger partial charge in [-0.2, -0.15) is 0 Å². The fourth-order valence-electron chi connectivity index (χ4n) is 2.19. The summed E-state index contributed by atoms with van der Waals surface area (Å²) in [6.45, 7) is 2.15. The van der Waals surface area contributed by atoms with E-state index in [0.717, 1.165) is 28.4 Å². The van der Waals surface area contributed by atoms with Gasteiger partial charge in [0.2, 0.25) is 0 Å². The van der Waals surface area contributed by atoms with Gasteiger partial charge in [0, 0.05) is 16.5 Å². The van der Waals surface area contributed by atoms with Crippen LogP contribution in [-0.2, 0) is 0 Å². The maximum absolute atomic E-state index is 6.38. The van der Waals surface area contributed by atoms with Crippen molar-refractivity contribution in [1.29, 1.82) is 0 Å². The zero-order valence-corrected chi connectivity index (χ0v) is 13.4. The molecule has 1 unspecified atom stereocenters. The molecule has 0 radical (unpaired) electrons. The van der Waals surface area contributed by atoms with Crippen molar-refractivity contribution in [3.63, 3.8) is 0 Å². The SMILES string of the molecule is CCSc1ccc(C(N)c2ccc(OC)cc2OC)cc1. The molecule has 0 aliphatic rings. The van der Waals surface area contributed by atoms with E-state index in [9.17, 15) is 0 Å². The molecule has 0 aliphatic heterocycles. The van der Waals surface area contributed by atoms with Gasteiger partial charge in [-0.1, -0.05) is 19.1 Å². The van der Waals surface area contributed by atoms with Crippen LogP contribution in [0, 0.1) is 0 Å². The molecule has 2 aromatic carbocycles. The lowest BCUT2D eigenvalue weighted by molar-refractivity contribution is 0.390. The lowest BCUT2D eigenvalue weighted by Crippen LogP contribution is -2.13. The van der Waals surface area contributed by atoms with Gasteiger partial charge in [0.05, 0.1) is 20.3 Å². The number of ether oxygens (including phenoxy) is 2. The highest BCUT2D eigenvalue weighted by atomic mass is 32.2. The van der Waals surface area contributed by atoms with Crippen LogP contribution in [0.1, 0.15) is 24.1 Å². The Bertz CT molecular complexity index is 584. The topological polar surface area (TPSA) is 44.5 Å². The van der Waals surface area contributed by atoms with Crippen LogP contribution in [0.5, 0.6) is 11.5 Å². The summed E-state index contributed by atoms with van der Waals surface area (Å²) in [5, 5.41) is 0. The van der Waals surface area contributed by atoms with Crippen LogP contribution in [0.3, 0.4) is 0 Å². The molecule has 2 N–H and O–H groups in total. The molecule has 0 heterocycles. The number of thioether (sulfide) groups is 1. The largest absolute Gasteiger partial charge is 0.497 e. The molecule has 0 spiro atoms. The molecule has 4 heteroatoms. The highest BCUT2D eigenvalue weighted by molar-refractivity contribution is 7.99. The average molecular weight is 303 g/mol. The van der Waals surface area contributed by atoms with Gasteiger partial charge in [-0.15, -0.1) is 11.8 Å². The van der Waals surface area contributed by atoms with Gasteiger partial charge in [0.25, 0.3) is 0 Å². The fraction of sp³-hybridized carbons (Fsp3) is 0.294. The zero-order valence-electron chi connectivity index (χ0n) is 12.6. The minimum absolute atomic E-state index is 0.216. The van der Waals surface area contributed by atoms with Crippen LogP contribution in [0.4, 0.5) is 0 Å². The van der Waals surface area contributed by atoms with Crippen LogP contribution >= 0.6 is 11.8 Å². The van der Waals surface area contributed by atoms with E-state index in [4.69, 9.17) is 15.2 Å². The van der Waals surface area contributed by atoms with Gasteiger partial charge < -0.3 is 15.2 Å². The van der Waals surface area contributed by atoms with Crippen LogP contribution in [0.2, 0.25) is 0 Å². The summed E-state index contributed by atoms with van der Waals surface area (Å²) < 4.78 is 10.6. The minimum Gasteiger partial charge on any atom is -0.497 e. The number of methoxy groups -OCH3 is 2.